The number of rotatable bonds is 3. The van der Waals surface area contributed by atoms with Crippen molar-refractivity contribution in [1.29, 1.82) is 0 Å². The van der Waals surface area contributed by atoms with Gasteiger partial charge in [0.15, 0.2) is 0 Å². The van der Waals surface area contributed by atoms with Gasteiger partial charge in [-0.3, -0.25) is 0 Å². The predicted octanol–water partition coefficient (Wildman–Crippen LogP) is 16.1. The lowest BCUT2D eigenvalue weighted by Crippen LogP contribution is -2.15. The van der Waals surface area contributed by atoms with Crippen LogP contribution in [0.1, 0.15) is 25.0 Å². The summed E-state index contributed by atoms with van der Waals surface area (Å²) in [7, 11) is 0. The van der Waals surface area contributed by atoms with Gasteiger partial charge in [-0.2, -0.15) is 0 Å². The molecule has 0 unspecified atom stereocenters. The second kappa shape index (κ2) is 11.9. The molecular formula is C57H36N2OS. The molecule has 1 aliphatic carbocycles. The molecule has 4 heterocycles. The Morgan fingerprint density at radius 1 is 0.410 bits per heavy atom. The van der Waals surface area contributed by atoms with E-state index in [0.717, 1.165) is 27.6 Å². The molecule has 0 amide bonds. The second-order valence-corrected chi connectivity index (χ2v) is 18.3. The molecule has 0 fully saturated rings. The lowest BCUT2D eigenvalue weighted by atomic mass is 9.82. The van der Waals surface area contributed by atoms with Crippen molar-refractivity contribution in [2.24, 2.45) is 0 Å². The third-order valence-corrected chi connectivity index (χ3v) is 14.9. The van der Waals surface area contributed by atoms with Gasteiger partial charge in [0.25, 0.3) is 0 Å². The smallest absolute Gasteiger partial charge is 0.135 e. The van der Waals surface area contributed by atoms with Gasteiger partial charge in [-0.05, 0) is 94.5 Å². The van der Waals surface area contributed by atoms with Gasteiger partial charge in [0, 0.05) is 74.8 Å². The number of thiophene rings is 1. The van der Waals surface area contributed by atoms with Gasteiger partial charge in [-0.1, -0.05) is 129 Å². The summed E-state index contributed by atoms with van der Waals surface area (Å²) in [6.45, 7) is 4.80. The highest BCUT2D eigenvalue weighted by atomic mass is 32.1. The van der Waals surface area contributed by atoms with Crippen molar-refractivity contribution in [2.45, 2.75) is 19.3 Å². The Bertz CT molecular complexity index is 4040. The Labute approximate surface area is 354 Å². The van der Waals surface area contributed by atoms with E-state index in [1.807, 2.05) is 23.5 Å². The summed E-state index contributed by atoms with van der Waals surface area (Å²) < 4.78 is 13.9. The zero-order chi connectivity index (χ0) is 40.1. The van der Waals surface area contributed by atoms with Gasteiger partial charge in [-0.25, -0.2) is 0 Å². The van der Waals surface area contributed by atoms with E-state index in [1.54, 1.807) is 0 Å². The average molecular weight is 797 g/mol. The molecule has 1 aliphatic rings. The van der Waals surface area contributed by atoms with Crippen molar-refractivity contribution >= 4 is 97.1 Å². The number of fused-ring (bicyclic) bond motifs is 16. The molecule has 4 aromatic heterocycles. The Morgan fingerprint density at radius 3 is 1.69 bits per heavy atom. The van der Waals surface area contributed by atoms with E-state index in [0.29, 0.717) is 0 Å². The fourth-order valence-electron chi connectivity index (χ4n) is 10.8. The van der Waals surface area contributed by atoms with E-state index < -0.39 is 0 Å². The Hall–Kier alpha value is -7.40. The van der Waals surface area contributed by atoms with Crippen LogP contribution in [0, 0.1) is 0 Å². The van der Waals surface area contributed by atoms with Crippen LogP contribution in [-0.2, 0) is 5.41 Å². The van der Waals surface area contributed by atoms with Gasteiger partial charge >= 0.3 is 0 Å². The van der Waals surface area contributed by atoms with Gasteiger partial charge in [0.05, 0.1) is 22.1 Å². The molecule has 3 nitrogen and oxygen atoms in total. The van der Waals surface area contributed by atoms with Gasteiger partial charge in [-0.15, -0.1) is 11.3 Å². The molecule has 286 valence electrons. The first-order valence-corrected chi connectivity index (χ1v) is 21.9. The first-order valence-electron chi connectivity index (χ1n) is 21.1. The topological polar surface area (TPSA) is 23.0 Å². The minimum Gasteiger partial charge on any atom is -0.456 e. The normalized spacial score (nSPS) is 13.5. The second-order valence-electron chi connectivity index (χ2n) is 17.3. The molecular weight excluding hydrogens is 761 g/mol. The van der Waals surface area contributed by atoms with Crippen LogP contribution in [0.25, 0.3) is 119 Å². The van der Waals surface area contributed by atoms with E-state index in [4.69, 9.17) is 4.42 Å². The highest BCUT2D eigenvalue weighted by Gasteiger charge is 2.37. The van der Waals surface area contributed by atoms with Gasteiger partial charge in [0.1, 0.15) is 11.2 Å². The van der Waals surface area contributed by atoms with Crippen molar-refractivity contribution in [3.8, 4) is 33.6 Å². The molecule has 0 saturated carbocycles. The molecule has 14 rings (SSSR count). The summed E-state index contributed by atoms with van der Waals surface area (Å²) in [6.07, 6.45) is 0. The number of nitrogens with zero attached hydrogens (tertiary/aromatic N) is 2. The van der Waals surface area contributed by atoms with Crippen LogP contribution in [-0.4, -0.2) is 9.13 Å². The first kappa shape index (κ1) is 33.4. The van der Waals surface area contributed by atoms with Crippen LogP contribution in [0.15, 0.2) is 186 Å². The maximum Gasteiger partial charge on any atom is 0.135 e. The molecule has 4 heteroatoms. The summed E-state index contributed by atoms with van der Waals surface area (Å²) in [5, 5.41) is 9.96. The molecule has 0 bridgehead atoms. The van der Waals surface area contributed by atoms with Crippen molar-refractivity contribution < 1.29 is 4.42 Å². The van der Waals surface area contributed by atoms with Crippen molar-refractivity contribution in [2.75, 3.05) is 0 Å². The highest BCUT2D eigenvalue weighted by Crippen LogP contribution is 2.54. The molecule has 9 aromatic carbocycles. The van der Waals surface area contributed by atoms with Crippen molar-refractivity contribution in [1.82, 2.24) is 9.13 Å². The molecule has 0 saturated heterocycles. The lowest BCUT2D eigenvalue weighted by Gasteiger charge is -2.22. The van der Waals surface area contributed by atoms with Gasteiger partial charge in [0.2, 0.25) is 0 Å². The largest absolute Gasteiger partial charge is 0.456 e. The molecule has 0 atom stereocenters. The molecule has 0 spiro atoms. The highest BCUT2D eigenvalue weighted by molar-refractivity contribution is 7.26. The molecule has 13 aromatic rings. The minimum atomic E-state index is -0.141. The number of benzene rings is 9. The summed E-state index contributed by atoms with van der Waals surface area (Å²) in [5.41, 5.74) is 16.7. The standard InChI is InChI=1S/C57H36N2OS/c1-57(2)46-27-26-43-42-14-6-10-18-54(42)61-56(43)55(46)44-25-21-36(32-47(44)57)59-49-16-8-4-12-38(49)40-24-20-34(30-51(40)59)33-19-23-39-37-11-3-7-15-48(37)58(50(39)29-33)35-22-28-53-45(31-35)41-13-5-9-17-52(41)60-53/h3-32H,1-2H3. The Morgan fingerprint density at radius 2 is 0.967 bits per heavy atom. The third kappa shape index (κ3) is 4.47. The third-order valence-electron chi connectivity index (χ3n) is 13.7. The van der Waals surface area contributed by atoms with Crippen LogP contribution in [0.3, 0.4) is 0 Å². The predicted molar refractivity (Wildman–Crippen MR) is 258 cm³/mol. The van der Waals surface area contributed by atoms with E-state index >= 15 is 0 Å². The van der Waals surface area contributed by atoms with Crippen LogP contribution < -0.4 is 0 Å². The molecule has 0 aliphatic heterocycles. The number of aromatic nitrogens is 2. The van der Waals surface area contributed by atoms with E-state index in [-0.39, 0.29) is 5.41 Å². The number of para-hydroxylation sites is 3. The maximum atomic E-state index is 6.24. The number of furan rings is 1. The maximum absolute atomic E-state index is 6.24. The number of hydrogen-bond acceptors (Lipinski definition) is 2. The molecule has 0 N–H and O–H groups in total. The lowest BCUT2D eigenvalue weighted by molar-refractivity contribution is 0.660. The SMILES string of the molecule is CC1(C)c2cc(-n3c4ccccc4c4ccc(-c5ccc6c7ccccc7n(-c7ccc8oc9ccccc9c8c7)c6c5)cc43)ccc2-c2c1ccc1c2sc2ccccc21. The van der Waals surface area contributed by atoms with E-state index in [1.165, 1.54) is 103 Å². The zero-order valence-corrected chi connectivity index (χ0v) is 34.3. The van der Waals surface area contributed by atoms with Crippen LogP contribution >= 0.6 is 11.3 Å². The van der Waals surface area contributed by atoms with Crippen LogP contribution in [0.4, 0.5) is 0 Å². The Balaban J connectivity index is 0.957. The number of hydrogen-bond donors (Lipinski definition) is 0. The summed E-state index contributed by atoms with van der Waals surface area (Å²) >= 11 is 1.93. The fourth-order valence-corrected chi connectivity index (χ4v) is 12.1. The summed E-state index contributed by atoms with van der Waals surface area (Å²) in [6, 6.07) is 67.3. The van der Waals surface area contributed by atoms with Crippen molar-refractivity contribution in [3.63, 3.8) is 0 Å². The Kier molecular flexibility index (Phi) is 6.51. The quantitative estimate of drug-likeness (QED) is 0.175. The van der Waals surface area contributed by atoms with Gasteiger partial charge < -0.3 is 13.6 Å². The fraction of sp³-hybridized carbons (Fsp3) is 0.0526. The van der Waals surface area contributed by atoms with Crippen LogP contribution in [0.5, 0.6) is 0 Å². The van der Waals surface area contributed by atoms with E-state index in [2.05, 4.69) is 193 Å². The van der Waals surface area contributed by atoms with E-state index in [9.17, 15) is 0 Å². The average Bonchev–Trinajstić information content (AvgIpc) is 4.09. The monoisotopic (exact) mass is 796 g/mol. The zero-order valence-electron chi connectivity index (χ0n) is 33.5. The summed E-state index contributed by atoms with van der Waals surface area (Å²) in [4.78, 5) is 0. The van der Waals surface area contributed by atoms with Crippen LogP contribution in [0.2, 0.25) is 0 Å². The summed E-state index contributed by atoms with van der Waals surface area (Å²) in [5.74, 6) is 0. The molecule has 61 heavy (non-hydrogen) atoms. The minimum absolute atomic E-state index is 0.141. The molecule has 0 radical (unpaired) electrons. The first-order chi connectivity index (χ1) is 30.0. The van der Waals surface area contributed by atoms with Crippen molar-refractivity contribution in [3.05, 3.63) is 193 Å².